The van der Waals surface area contributed by atoms with Gasteiger partial charge in [-0.05, 0) is 20.2 Å². The highest BCUT2D eigenvalue weighted by Crippen LogP contribution is 2.26. The van der Waals surface area contributed by atoms with Crippen LogP contribution in [0.5, 0.6) is 0 Å². The maximum Gasteiger partial charge on any atom is 0.273 e. The number of likely N-dealkylation sites (N-methyl/N-ethyl adjacent to an activating group) is 2. The predicted molar refractivity (Wildman–Crippen MR) is 74.5 cm³/mol. The van der Waals surface area contributed by atoms with E-state index in [-0.39, 0.29) is 10.6 Å². The van der Waals surface area contributed by atoms with Crippen LogP contribution in [0, 0.1) is 10.1 Å². The highest BCUT2D eigenvalue weighted by Gasteiger charge is 2.11. The van der Waals surface area contributed by atoms with E-state index >= 15 is 0 Å². The highest BCUT2D eigenvalue weighted by atomic mass is 16.6. The number of benzene rings is 1. The molecule has 0 spiro atoms. The van der Waals surface area contributed by atoms with Crippen molar-refractivity contribution >= 4 is 17.1 Å². The van der Waals surface area contributed by atoms with Crippen molar-refractivity contribution in [1.82, 2.24) is 4.90 Å². The summed E-state index contributed by atoms with van der Waals surface area (Å²) in [6.45, 7) is 1.71. The molecule has 100 valence electrons. The first kappa shape index (κ1) is 14.2. The average molecular weight is 252 g/mol. The number of hydrogen-bond donors (Lipinski definition) is 1. The first-order valence-electron chi connectivity index (χ1n) is 5.77. The fourth-order valence-electron chi connectivity index (χ4n) is 1.54. The van der Waals surface area contributed by atoms with E-state index in [1.54, 1.807) is 13.1 Å². The van der Waals surface area contributed by atoms with E-state index in [4.69, 9.17) is 0 Å². The quantitative estimate of drug-likeness (QED) is 0.616. The zero-order chi connectivity index (χ0) is 13.7. The molecule has 0 atom stereocenters. The largest absolute Gasteiger partial charge is 0.388 e. The molecule has 0 amide bonds. The number of rotatable bonds is 6. The standard InChI is InChI=1S/C12H20N4O2/c1-13-10-7-11(9-12(8-10)16(17)18)15(4)6-5-14(2)3/h7-9,13H,5-6H2,1-4H3. The number of nitro groups is 1. The van der Waals surface area contributed by atoms with E-state index in [2.05, 4.69) is 10.2 Å². The topological polar surface area (TPSA) is 61.6 Å². The Hall–Kier alpha value is -1.82. The molecule has 0 heterocycles. The molecule has 0 aliphatic heterocycles. The van der Waals surface area contributed by atoms with Gasteiger partial charge in [0.2, 0.25) is 0 Å². The molecule has 0 bridgehead atoms. The van der Waals surface area contributed by atoms with E-state index in [0.717, 1.165) is 24.5 Å². The van der Waals surface area contributed by atoms with E-state index in [1.807, 2.05) is 32.1 Å². The summed E-state index contributed by atoms with van der Waals surface area (Å²) < 4.78 is 0. The molecule has 1 N–H and O–H groups in total. The minimum absolute atomic E-state index is 0.105. The summed E-state index contributed by atoms with van der Waals surface area (Å²) >= 11 is 0. The Morgan fingerprint density at radius 3 is 2.39 bits per heavy atom. The predicted octanol–water partition coefficient (Wildman–Crippen LogP) is 1.63. The Labute approximate surface area is 107 Å². The molecule has 0 radical (unpaired) electrons. The van der Waals surface area contributed by atoms with Gasteiger partial charge in [0.05, 0.1) is 4.92 Å². The number of nitrogens with zero attached hydrogens (tertiary/aromatic N) is 3. The SMILES string of the molecule is CNc1cc(N(C)CCN(C)C)cc([N+](=O)[O-])c1. The van der Waals surface area contributed by atoms with Gasteiger partial charge in [0.25, 0.3) is 5.69 Å². The third kappa shape index (κ3) is 3.89. The monoisotopic (exact) mass is 252 g/mol. The molecule has 0 unspecified atom stereocenters. The molecule has 1 aromatic carbocycles. The van der Waals surface area contributed by atoms with Crippen LogP contribution in [-0.2, 0) is 0 Å². The Morgan fingerprint density at radius 1 is 1.22 bits per heavy atom. The number of non-ortho nitro benzene ring substituents is 1. The van der Waals surface area contributed by atoms with Crippen LogP contribution in [0.15, 0.2) is 18.2 Å². The molecule has 0 aromatic heterocycles. The van der Waals surface area contributed by atoms with Crippen molar-refractivity contribution in [3.8, 4) is 0 Å². The van der Waals surface area contributed by atoms with Crippen LogP contribution in [0.1, 0.15) is 0 Å². The van der Waals surface area contributed by atoms with Crippen LogP contribution in [0.3, 0.4) is 0 Å². The zero-order valence-corrected chi connectivity index (χ0v) is 11.3. The first-order chi connectivity index (χ1) is 8.43. The van der Waals surface area contributed by atoms with Crippen molar-refractivity contribution in [2.24, 2.45) is 0 Å². The molecule has 0 saturated carbocycles. The van der Waals surface area contributed by atoms with Crippen LogP contribution < -0.4 is 10.2 Å². The van der Waals surface area contributed by atoms with Gasteiger partial charge in [0.15, 0.2) is 0 Å². The molecule has 1 rings (SSSR count). The third-order valence-electron chi connectivity index (χ3n) is 2.73. The fraction of sp³-hybridized carbons (Fsp3) is 0.500. The Morgan fingerprint density at radius 2 is 1.89 bits per heavy atom. The van der Waals surface area contributed by atoms with Gasteiger partial charge in [0, 0.05) is 50.7 Å². The van der Waals surface area contributed by atoms with Crippen molar-refractivity contribution in [3.05, 3.63) is 28.3 Å². The van der Waals surface area contributed by atoms with Crippen molar-refractivity contribution in [2.45, 2.75) is 0 Å². The minimum Gasteiger partial charge on any atom is -0.388 e. The maximum absolute atomic E-state index is 10.9. The van der Waals surface area contributed by atoms with E-state index in [1.165, 1.54) is 6.07 Å². The average Bonchev–Trinajstić information content (AvgIpc) is 2.35. The normalized spacial score (nSPS) is 10.5. The van der Waals surface area contributed by atoms with Crippen LogP contribution in [0.4, 0.5) is 17.1 Å². The Kier molecular flexibility index (Phi) is 4.91. The summed E-state index contributed by atoms with van der Waals surface area (Å²) in [5, 5.41) is 13.8. The summed E-state index contributed by atoms with van der Waals surface area (Å²) in [5.41, 5.74) is 1.69. The lowest BCUT2D eigenvalue weighted by atomic mass is 10.2. The zero-order valence-electron chi connectivity index (χ0n) is 11.3. The minimum atomic E-state index is -0.371. The van der Waals surface area contributed by atoms with Crippen molar-refractivity contribution in [2.75, 3.05) is 51.5 Å². The second kappa shape index (κ2) is 6.20. The van der Waals surface area contributed by atoms with Gasteiger partial charge in [-0.15, -0.1) is 0 Å². The third-order valence-corrected chi connectivity index (χ3v) is 2.73. The molecule has 6 heteroatoms. The summed E-state index contributed by atoms with van der Waals surface area (Å²) in [6, 6.07) is 5.03. The van der Waals surface area contributed by atoms with Crippen LogP contribution in [0.25, 0.3) is 0 Å². The van der Waals surface area contributed by atoms with Crippen LogP contribution >= 0.6 is 0 Å². The van der Waals surface area contributed by atoms with Crippen LogP contribution in [0.2, 0.25) is 0 Å². The summed E-state index contributed by atoms with van der Waals surface area (Å²) in [4.78, 5) is 14.6. The second-order valence-electron chi connectivity index (χ2n) is 4.47. The van der Waals surface area contributed by atoms with Crippen molar-refractivity contribution in [1.29, 1.82) is 0 Å². The number of nitro benzene ring substituents is 1. The van der Waals surface area contributed by atoms with Gasteiger partial charge in [-0.25, -0.2) is 0 Å². The number of anilines is 2. The van der Waals surface area contributed by atoms with E-state index in [0.29, 0.717) is 0 Å². The lowest BCUT2D eigenvalue weighted by Crippen LogP contribution is -2.28. The van der Waals surface area contributed by atoms with Crippen LogP contribution in [-0.4, -0.2) is 51.1 Å². The lowest BCUT2D eigenvalue weighted by Gasteiger charge is -2.22. The second-order valence-corrected chi connectivity index (χ2v) is 4.47. The Balaban J connectivity index is 2.93. The summed E-state index contributed by atoms with van der Waals surface area (Å²) in [7, 11) is 7.69. The van der Waals surface area contributed by atoms with E-state index < -0.39 is 0 Å². The molecule has 1 aromatic rings. The molecule has 0 fully saturated rings. The van der Waals surface area contributed by atoms with Gasteiger partial charge in [0.1, 0.15) is 0 Å². The maximum atomic E-state index is 10.9. The molecule has 0 saturated heterocycles. The first-order valence-corrected chi connectivity index (χ1v) is 5.77. The van der Waals surface area contributed by atoms with Gasteiger partial charge < -0.3 is 15.1 Å². The molecular weight excluding hydrogens is 232 g/mol. The van der Waals surface area contributed by atoms with E-state index in [9.17, 15) is 10.1 Å². The molecule has 6 nitrogen and oxygen atoms in total. The van der Waals surface area contributed by atoms with Crippen molar-refractivity contribution in [3.63, 3.8) is 0 Å². The molecule has 18 heavy (non-hydrogen) atoms. The van der Waals surface area contributed by atoms with Gasteiger partial charge >= 0.3 is 0 Å². The summed E-state index contributed by atoms with van der Waals surface area (Å²) in [6.07, 6.45) is 0. The number of hydrogen-bond acceptors (Lipinski definition) is 5. The fourth-order valence-corrected chi connectivity index (χ4v) is 1.54. The van der Waals surface area contributed by atoms with Gasteiger partial charge in [-0.3, -0.25) is 10.1 Å². The number of nitrogens with one attached hydrogen (secondary N) is 1. The molecule has 0 aliphatic rings. The van der Waals surface area contributed by atoms with Gasteiger partial charge in [-0.1, -0.05) is 0 Å². The lowest BCUT2D eigenvalue weighted by molar-refractivity contribution is -0.384. The van der Waals surface area contributed by atoms with Gasteiger partial charge in [-0.2, -0.15) is 0 Å². The molecular formula is C12H20N4O2. The summed E-state index contributed by atoms with van der Waals surface area (Å²) in [5.74, 6) is 0. The molecule has 0 aliphatic carbocycles. The smallest absolute Gasteiger partial charge is 0.273 e. The highest BCUT2D eigenvalue weighted by molar-refractivity contribution is 5.64. The van der Waals surface area contributed by atoms with Crippen molar-refractivity contribution < 1.29 is 4.92 Å². The Bertz CT molecular complexity index is 421.